The van der Waals surface area contributed by atoms with Crippen molar-refractivity contribution in [1.82, 2.24) is 10.3 Å². The predicted octanol–water partition coefficient (Wildman–Crippen LogP) is 3.21. The first-order chi connectivity index (χ1) is 12.8. The fourth-order valence-electron chi connectivity index (χ4n) is 3.57. The molecule has 2 aromatic carbocycles. The topological polar surface area (TPSA) is 63.4 Å². The highest BCUT2D eigenvalue weighted by Crippen LogP contribution is 2.31. The average molecular weight is 350 g/mol. The van der Waals surface area contributed by atoms with Crippen molar-refractivity contribution in [3.05, 3.63) is 65.9 Å². The number of carbonyl (C=O) groups is 1. The number of esters is 1. The predicted molar refractivity (Wildman–Crippen MR) is 101 cm³/mol. The van der Waals surface area contributed by atoms with Gasteiger partial charge in [-0.2, -0.15) is 0 Å². The van der Waals surface area contributed by atoms with Crippen LogP contribution in [0.3, 0.4) is 0 Å². The summed E-state index contributed by atoms with van der Waals surface area (Å²) < 4.78 is 10.4. The molecule has 0 bridgehead atoms. The Kier molecular flexibility index (Phi) is 4.63. The number of H-pyrrole nitrogens is 1. The minimum absolute atomic E-state index is 0.116. The van der Waals surface area contributed by atoms with Crippen LogP contribution in [0.4, 0.5) is 0 Å². The molecule has 0 radical (unpaired) electrons. The minimum atomic E-state index is -0.221. The highest BCUT2D eigenvalue weighted by molar-refractivity contribution is 5.84. The van der Waals surface area contributed by atoms with E-state index in [-0.39, 0.29) is 17.9 Å². The fraction of sp³-hybridized carbons (Fsp3) is 0.286. The first-order valence-corrected chi connectivity index (χ1v) is 8.86. The van der Waals surface area contributed by atoms with Crippen LogP contribution >= 0.6 is 0 Å². The average Bonchev–Trinajstić information content (AvgIpc) is 3.29. The van der Waals surface area contributed by atoms with Gasteiger partial charge in [-0.05, 0) is 29.3 Å². The molecule has 4 rings (SSSR count). The Hall–Kier alpha value is -2.79. The molecule has 0 spiro atoms. The molecule has 2 heterocycles. The van der Waals surface area contributed by atoms with Gasteiger partial charge in [0.15, 0.2) is 0 Å². The summed E-state index contributed by atoms with van der Waals surface area (Å²) in [7, 11) is 1.67. The standard InChI is InChI=1S/C21H22N2O3/c1-25-15-8-6-14(7-9-15)17(12-23-20-10-11-26-21(20)24)18-13-22-19-5-3-2-4-16(18)19/h2-9,13,17,20,22-23H,10-12H2,1H3/t17-,20+/m1/s1. The van der Waals surface area contributed by atoms with E-state index in [9.17, 15) is 4.79 Å². The van der Waals surface area contributed by atoms with E-state index in [1.54, 1.807) is 7.11 Å². The van der Waals surface area contributed by atoms with Gasteiger partial charge in [-0.1, -0.05) is 30.3 Å². The molecule has 1 aliphatic rings. The summed E-state index contributed by atoms with van der Waals surface area (Å²) in [6.07, 6.45) is 2.79. The SMILES string of the molecule is COc1ccc([C@@H](CN[C@H]2CCOC2=O)c2c[nH]c3ccccc23)cc1. The van der Waals surface area contributed by atoms with Crippen molar-refractivity contribution in [2.24, 2.45) is 0 Å². The molecule has 0 aliphatic carbocycles. The van der Waals surface area contributed by atoms with Gasteiger partial charge in [0.25, 0.3) is 0 Å². The van der Waals surface area contributed by atoms with Crippen molar-refractivity contribution in [2.75, 3.05) is 20.3 Å². The van der Waals surface area contributed by atoms with Crippen LogP contribution in [0.2, 0.25) is 0 Å². The normalized spacial score (nSPS) is 18.0. The van der Waals surface area contributed by atoms with Crippen LogP contribution in [0.5, 0.6) is 5.75 Å². The van der Waals surface area contributed by atoms with E-state index in [0.29, 0.717) is 13.2 Å². The molecular weight excluding hydrogens is 328 g/mol. The molecule has 2 N–H and O–H groups in total. The summed E-state index contributed by atoms with van der Waals surface area (Å²) in [6, 6.07) is 16.2. The second-order valence-electron chi connectivity index (χ2n) is 6.53. The van der Waals surface area contributed by atoms with E-state index in [4.69, 9.17) is 9.47 Å². The van der Waals surface area contributed by atoms with Crippen molar-refractivity contribution in [1.29, 1.82) is 0 Å². The Morgan fingerprint density at radius 3 is 2.77 bits per heavy atom. The van der Waals surface area contributed by atoms with Gasteiger partial charge in [0.05, 0.1) is 13.7 Å². The van der Waals surface area contributed by atoms with Crippen LogP contribution in [-0.4, -0.2) is 37.3 Å². The number of hydrogen-bond donors (Lipinski definition) is 2. The van der Waals surface area contributed by atoms with Gasteiger partial charge >= 0.3 is 5.97 Å². The van der Waals surface area contributed by atoms with Crippen molar-refractivity contribution >= 4 is 16.9 Å². The summed E-state index contributed by atoms with van der Waals surface area (Å²) >= 11 is 0. The number of aromatic nitrogens is 1. The lowest BCUT2D eigenvalue weighted by molar-refractivity contribution is -0.139. The van der Waals surface area contributed by atoms with E-state index in [0.717, 1.165) is 17.7 Å². The lowest BCUT2D eigenvalue weighted by Gasteiger charge is -2.20. The van der Waals surface area contributed by atoms with Gasteiger partial charge in [-0.3, -0.25) is 4.79 Å². The first-order valence-electron chi connectivity index (χ1n) is 8.86. The molecule has 1 aromatic heterocycles. The third-order valence-electron chi connectivity index (χ3n) is 5.02. The number of ether oxygens (including phenoxy) is 2. The van der Waals surface area contributed by atoms with Gasteiger partial charge in [0.2, 0.25) is 0 Å². The highest BCUT2D eigenvalue weighted by Gasteiger charge is 2.28. The number of benzene rings is 2. The van der Waals surface area contributed by atoms with Crippen LogP contribution in [0, 0.1) is 0 Å². The molecule has 2 atom stereocenters. The highest BCUT2D eigenvalue weighted by atomic mass is 16.5. The fourth-order valence-corrected chi connectivity index (χ4v) is 3.57. The second-order valence-corrected chi connectivity index (χ2v) is 6.53. The van der Waals surface area contributed by atoms with Gasteiger partial charge in [-0.15, -0.1) is 0 Å². The summed E-state index contributed by atoms with van der Waals surface area (Å²) in [5.74, 6) is 0.793. The lowest BCUT2D eigenvalue weighted by atomic mass is 9.90. The Morgan fingerprint density at radius 2 is 2.04 bits per heavy atom. The number of methoxy groups -OCH3 is 1. The molecule has 134 valence electrons. The lowest BCUT2D eigenvalue weighted by Crippen LogP contribution is -2.36. The number of para-hydroxylation sites is 1. The molecule has 0 saturated carbocycles. The first kappa shape index (κ1) is 16.7. The number of carbonyl (C=O) groups excluding carboxylic acids is 1. The third-order valence-corrected chi connectivity index (χ3v) is 5.02. The maximum Gasteiger partial charge on any atom is 0.323 e. The molecule has 5 nitrogen and oxygen atoms in total. The van der Waals surface area contributed by atoms with E-state index in [1.165, 1.54) is 16.5 Å². The molecule has 1 saturated heterocycles. The van der Waals surface area contributed by atoms with Crippen LogP contribution in [0.1, 0.15) is 23.5 Å². The maximum absolute atomic E-state index is 11.8. The van der Waals surface area contributed by atoms with Crippen molar-refractivity contribution in [2.45, 2.75) is 18.4 Å². The summed E-state index contributed by atoms with van der Waals surface area (Å²) in [6.45, 7) is 1.16. The molecule has 26 heavy (non-hydrogen) atoms. The Balaban J connectivity index is 1.67. The number of fused-ring (bicyclic) bond motifs is 1. The molecular formula is C21H22N2O3. The molecule has 1 fully saturated rings. The summed E-state index contributed by atoms with van der Waals surface area (Å²) in [4.78, 5) is 15.2. The third kappa shape index (κ3) is 3.18. The molecule has 0 amide bonds. The van der Waals surface area contributed by atoms with Crippen molar-refractivity contribution in [3.63, 3.8) is 0 Å². The molecule has 5 heteroatoms. The summed E-state index contributed by atoms with van der Waals surface area (Å²) in [5.41, 5.74) is 3.50. The molecule has 1 aliphatic heterocycles. The van der Waals surface area contributed by atoms with E-state index < -0.39 is 0 Å². The van der Waals surface area contributed by atoms with Crippen LogP contribution < -0.4 is 10.1 Å². The smallest absolute Gasteiger partial charge is 0.323 e. The zero-order valence-corrected chi connectivity index (χ0v) is 14.7. The second kappa shape index (κ2) is 7.22. The maximum atomic E-state index is 11.8. The minimum Gasteiger partial charge on any atom is -0.497 e. The van der Waals surface area contributed by atoms with Gasteiger partial charge in [-0.25, -0.2) is 0 Å². The number of rotatable bonds is 6. The quantitative estimate of drug-likeness (QED) is 0.670. The number of aromatic amines is 1. The van der Waals surface area contributed by atoms with Gasteiger partial charge < -0.3 is 19.8 Å². The van der Waals surface area contributed by atoms with Crippen LogP contribution in [0.25, 0.3) is 10.9 Å². The zero-order valence-electron chi connectivity index (χ0n) is 14.7. The van der Waals surface area contributed by atoms with E-state index in [2.05, 4.69) is 40.8 Å². The van der Waals surface area contributed by atoms with Crippen molar-refractivity contribution < 1.29 is 14.3 Å². The van der Waals surface area contributed by atoms with Crippen LogP contribution in [-0.2, 0) is 9.53 Å². The van der Waals surface area contributed by atoms with Crippen molar-refractivity contribution in [3.8, 4) is 5.75 Å². The largest absolute Gasteiger partial charge is 0.497 e. The molecule has 3 aromatic rings. The van der Waals surface area contributed by atoms with E-state index in [1.807, 2.05) is 24.3 Å². The Morgan fingerprint density at radius 1 is 1.23 bits per heavy atom. The monoisotopic (exact) mass is 350 g/mol. The Bertz CT molecular complexity index is 901. The number of nitrogens with one attached hydrogen (secondary N) is 2. The van der Waals surface area contributed by atoms with E-state index >= 15 is 0 Å². The zero-order chi connectivity index (χ0) is 17.9. The summed E-state index contributed by atoms with van der Waals surface area (Å²) in [5, 5.41) is 4.59. The Labute approximate surface area is 152 Å². The van der Waals surface area contributed by atoms with Crippen LogP contribution in [0.15, 0.2) is 54.7 Å². The number of hydrogen-bond acceptors (Lipinski definition) is 4. The van der Waals surface area contributed by atoms with Gasteiger partial charge in [0, 0.05) is 36.0 Å². The number of cyclic esters (lactones) is 1. The van der Waals surface area contributed by atoms with Gasteiger partial charge in [0.1, 0.15) is 11.8 Å². The molecule has 0 unspecified atom stereocenters.